The predicted molar refractivity (Wildman–Crippen MR) is 82.7 cm³/mol. The van der Waals surface area contributed by atoms with Crippen LogP contribution in [-0.4, -0.2) is 15.5 Å². The predicted octanol–water partition coefficient (Wildman–Crippen LogP) is 3.57. The van der Waals surface area contributed by atoms with Gasteiger partial charge >= 0.3 is 0 Å². The molecule has 20 heavy (non-hydrogen) atoms. The van der Waals surface area contributed by atoms with Crippen molar-refractivity contribution in [2.75, 3.05) is 11.8 Å². The molecule has 0 amide bonds. The Hall–Kier alpha value is -1.53. The van der Waals surface area contributed by atoms with E-state index in [1.54, 1.807) is 49.4 Å². The fourth-order valence-electron chi connectivity index (χ4n) is 1.79. The molecule has 0 unspecified atom stereocenters. The van der Waals surface area contributed by atoms with Gasteiger partial charge in [0, 0.05) is 4.47 Å². The fraction of sp³-hybridized carbons (Fsp3) is 0.143. The van der Waals surface area contributed by atoms with Gasteiger partial charge in [0.25, 0.3) is 10.0 Å². The van der Waals surface area contributed by atoms with Crippen LogP contribution in [0.15, 0.2) is 51.8 Å². The van der Waals surface area contributed by atoms with E-state index in [2.05, 4.69) is 20.7 Å². The lowest BCUT2D eigenvalue weighted by Crippen LogP contribution is -2.14. The summed E-state index contributed by atoms with van der Waals surface area (Å²) in [6.45, 7) is 1.75. The van der Waals surface area contributed by atoms with Crippen molar-refractivity contribution in [2.24, 2.45) is 0 Å². The lowest BCUT2D eigenvalue weighted by molar-refractivity contribution is 0.417. The quantitative estimate of drug-likeness (QED) is 0.911. The molecule has 0 heterocycles. The number of ether oxygens (including phenoxy) is 1. The number of hydrogen-bond donors (Lipinski definition) is 1. The van der Waals surface area contributed by atoms with Crippen LogP contribution in [0.25, 0.3) is 0 Å². The number of aryl methyl sites for hydroxylation is 1. The Bertz CT molecular complexity index is 729. The van der Waals surface area contributed by atoms with Gasteiger partial charge in [-0.15, -0.1) is 0 Å². The number of benzene rings is 2. The molecule has 0 aliphatic carbocycles. The molecule has 0 saturated carbocycles. The number of anilines is 1. The van der Waals surface area contributed by atoms with Gasteiger partial charge in [0.1, 0.15) is 5.75 Å². The molecule has 0 radical (unpaired) electrons. The van der Waals surface area contributed by atoms with Crippen molar-refractivity contribution in [3.05, 3.63) is 52.5 Å². The SMILES string of the molecule is COc1ccccc1NS(=O)(=O)c1cc(Br)ccc1C. The van der Waals surface area contributed by atoms with E-state index in [1.807, 2.05) is 0 Å². The molecule has 6 heteroatoms. The van der Waals surface area contributed by atoms with Gasteiger partial charge in [0.05, 0.1) is 17.7 Å². The molecule has 0 fully saturated rings. The van der Waals surface area contributed by atoms with Gasteiger partial charge in [-0.05, 0) is 36.8 Å². The van der Waals surface area contributed by atoms with E-state index in [9.17, 15) is 8.42 Å². The van der Waals surface area contributed by atoms with E-state index in [0.717, 1.165) is 0 Å². The van der Waals surface area contributed by atoms with Gasteiger partial charge in [0.15, 0.2) is 0 Å². The van der Waals surface area contributed by atoms with E-state index in [0.29, 0.717) is 21.5 Å². The zero-order chi connectivity index (χ0) is 14.8. The Kier molecular flexibility index (Phi) is 4.35. The molecule has 0 bridgehead atoms. The zero-order valence-electron chi connectivity index (χ0n) is 11.1. The Morgan fingerprint density at radius 1 is 1.15 bits per heavy atom. The van der Waals surface area contributed by atoms with Crippen LogP contribution in [0.1, 0.15) is 5.56 Å². The standard InChI is InChI=1S/C14H14BrNO3S/c1-10-7-8-11(15)9-14(10)20(17,18)16-12-5-3-4-6-13(12)19-2/h3-9,16H,1-2H3. The normalized spacial score (nSPS) is 11.2. The average molecular weight is 356 g/mol. The van der Waals surface area contributed by atoms with E-state index in [-0.39, 0.29) is 4.90 Å². The molecule has 2 rings (SSSR count). The second-order valence-electron chi connectivity index (χ2n) is 4.22. The van der Waals surface area contributed by atoms with Gasteiger partial charge in [-0.1, -0.05) is 34.1 Å². The topological polar surface area (TPSA) is 55.4 Å². The number of sulfonamides is 1. The zero-order valence-corrected chi connectivity index (χ0v) is 13.5. The molecule has 0 aliphatic rings. The number of halogens is 1. The first-order valence-electron chi connectivity index (χ1n) is 5.86. The number of methoxy groups -OCH3 is 1. The summed E-state index contributed by atoms with van der Waals surface area (Å²) in [6, 6.07) is 12.0. The summed E-state index contributed by atoms with van der Waals surface area (Å²) < 4.78 is 33.3. The van der Waals surface area contributed by atoms with Crippen LogP contribution in [0.2, 0.25) is 0 Å². The lowest BCUT2D eigenvalue weighted by Gasteiger charge is -2.13. The van der Waals surface area contributed by atoms with Crippen LogP contribution in [0, 0.1) is 6.92 Å². The maximum atomic E-state index is 12.5. The van der Waals surface area contributed by atoms with Crippen LogP contribution in [0.5, 0.6) is 5.75 Å². The molecular weight excluding hydrogens is 342 g/mol. The second kappa shape index (κ2) is 5.85. The highest BCUT2D eigenvalue weighted by Gasteiger charge is 2.18. The minimum atomic E-state index is -3.66. The van der Waals surface area contributed by atoms with E-state index >= 15 is 0 Å². The minimum absolute atomic E-state index is 0.234. The number of nitrogens with one attached hydrogen (secondary N) is 1. The molecule has 4 nitrogen and oxygen atoms in total. The maximum absolute atomic E-state index is 12.5. The molecule has 0 atom stereocenters. The maximum Gasteiger partial charge on any atom is 0.262 e. The fourth-order valence-corrected chi connectivity index (χ4v) is 3.65. The molecule has 0 aliphatic heterocycles. The van der Waals surface area contributed by atoms with Gasteiger partial charge in [0.2, 0.25) is 0 Å². The first-order chi connectivity index (χ1) is 9.44. The first-order valence-corrected chi connectivity index (χ1v) is 8.13. The number of hydrogen-bond acceptors (Lipinski definition) is 3. The molecular formula is C14H14BrNO3S. The monoisotopic (exact) mass is 355 g/mol. The van der Waals surface area contributed by atoms with Gasteiger partial charge in [-0.2, -0.15) is 0 Å². The second-order valence-corrected chi connectivity index (χ2v) is 6.78. The van der Waals surface area contributed by atoms with Crippen LogP contribution < -0.4 is 9.46 Å². The number of para-hydroxylation sites is 2. The third-order valence-electron chi connectivity index (χ3n) is 2.79. The summed E-state index contributed by atoms with van der Waals surface area (Å²) in [5, 5.41) is 0. The Morgan fingerprint density at radius 3 is 2.55 bits per heavy atom. The van der Waals surface area contributed by atoms with Gasteiger partial charge in [-0.25, -0.2) is 8.42 Å². The molecule has 2 aromatic carbocycles. The van der Waals surface area contributed by atoms with Crippen molar-refractivity contribution in [2.45, 2.75) is 11.8 Å². The van der Waals surface area contributed by atoms with Crippen LogP contribution in [-0.2, 0) is 10.0 Å². The first kappa shape index (κ1) is 14.9. The molecule has 2 aromatic rings. The largest absolute Gasteiger partial charge is 0.495 e. The van der Waals surface area contributed by atoms with E-state index in [4.69, 9.17) is 4.74 Å². The summed E-state index contributed by atoms with van der Waals surface area (Å²) in [5.74, 6) is 0.476. The Labute approximate surface area is 127 Å². The Balaban J connectivity index is 2.43. The highest BCUT2D eigenvalue weighted by Crippen LogP contribution is 2.28. The summed E-state index contributed by atoms with van der Waals surface area (Å²) in [5.41, 5.74) is 1.09. The summed E-state index contributed by atoms with van der Waals surface area (Å²) in [7, 11) is -2.16. The Morgan fingerprint density at radius 2 is 1.85 bits per heavy atom. The summed E-state index contributed by atoms with van der Waals surface area (Å²) >= 11 is 3.29. The molecule has 0 spiro atoms. The molecule has 1 N–H and O–H groups in total. The van der Waals surface area contributed by atoms with Crippen molar-refractivity contribution < 1.29 is 13.2 Å². The van der Waals surface area contributed by atoms with Crippen LogP contribution >= 0.6 is 15.9 Å². The van der Waals surface area contributed by atoms with Crippen molar-refractivity contribution in [1.82, 2.24) is 0 Å². The van der Waals surface area contributed by atoms with E-state index in [1.165, 1.54) is 7.11 Å². The summed E-state index contributed by atoms with van der Waals surface area (Å²) in [6.07, 6.45) is 0. The lowest BCUT2D eigenvalue weighted by atomic mass is 10.2. The molecule has 0 saturated heterocycles. The smallest absolute Gasteiger partial charge is 0.262 e. The minimum Gasteiger partial charge on any atom is -0.495 e. The molecule has 106 valence electrons. The number of rotatable bonds is 4. The van der Waals surface area contributed by atoms with Gasteiger partial charge < -0.3 is 4.74 Å². The van der Waals surface area contributed by atoms with Gasteiger partial charge in [-0.3, -0.25) is 4.72 Å². The van der Waals surface area contributed by atoms with Crippen LogP contribution in [0.4, 0.5) is 5.69 Å². The van der Waals surface area contributed by atoms with Crippen molar-refractivity contribution in [1.29, 1.82) is 0 Å². The van der Waals surface area contributed by atoms with Crippen molar-refractivity contribution in [3.8, 4) is 5.75 Å². The van der Waals surface area contributed by atoms with E-state index < -0.39 is 10.0 Å². The highest BCUT2D eigenvalue weighted by atomic mass is 79.9. The average Bonchev–Trinajstić information content (AvgIpc) is 2.41. The third-order valence-corrected chi connectivity index (χ3v) is 4.79. The van der Waals surface area contributed by atoms with Crippen molar-refractivity contribution in [3.63, 3.8) is 0 Å². The molecule has 0 aromatic heterocycles. The summed E-state index contributed by atoms with van der Waals surface area (Å²) in [4.78, 5) is 0.234. The highest BCUT2D eigenvalue weighted by molar-refractivity contribution is 9.10. The van der Waals surface area contributed by atoms with Crippen LogP contribution in [0.3, 0.4) is 0 Å². The van der Waals surface area contributed by atoms with Crippen molar-refractivity contribution >= 4 is 31.6 Å². The third kappa shape index (κ3) is 3.13.